The van der Waals surface area contributed by atoms with Gasteiger partial charge >= 0.3 is 0 Å². The van der Waals surface area contributed by atoms with Crippen molar-refractivity contribution in [1.29, 1.82) is 0 Å². The van der Waals surface area contributed by atoms with Crippen molar-refractivity contribution in [2.45, 2.75) is 19.9 Å². The van der Waals surface area contributed by atoms with Gasteiger partial charge in [0.05, 0.1) is 19.3 Å². The van der Waals surface area contributed by atoms with Crippen molar-refractivity contribution < 1.29 is 9.53 Å². The highest BCUT2D eigenvalue weighted by Crippen LogP contribution is 2.24. The molecular formula is C23H31N3O2. The first-order valence-corrected chi connectivity index (χ1v) is 9.89. The van der Waals surface area contributed by atoms with Gasteiger partial charge in [-0.3, -0.25) is 9.69 Å². The van der Waals surface area contributed by atoms with Gasteiger partial charge in [0.2, 0.25) is 0 Å². The molecule has 0 bridgehead atoms. The van der Waals surface area contributed by atoms with Gasteiger partial charge in [-0.2, -0.15) is 0 Å². The Morgan fingerprint density at radius 2 is 1.68 bits per heavy atom. The van der Waals surface area contributed by atoms with Crippen LogP contribution in [0.2, 0.25) is 0 Å². The highest BCUT2D eigenvalue weighted by molar-refractivity contribution is 5.94. The van der Waals surface area contributed by atoms with Gasteiger partial charge in [0.1, 0.15) is 0 Å². The lowest BCUT2D eigenvalue weighted by Gasteiger charge is -2.35. The molecule has 2 aromatic carbocycles. The second-order valence-electron chi connectivity index (χ2n) is 7.74. The van der Waals surface area contributed by atoms with Crippen LogP contribution in [0.4, 0.5) is 5.69 Å². The third-order valence-corrected chi connectivity index (χ3v) is 5.22. The third-order valence-electron chi connectivity index (χ3n) is 5.22. The van der Waals surface area contributed by atoms with Gasteiger partial charge in [0.25, 0.3) is 5.91 Å². The van der Waals surface area contributed by atoms with Crippen molar-refractivity contribution in [3.05, 3.63) is 64.7 Å². The number of benzene rings is 2. The van der Waals surface area contributed by atoms with Crippen molar-refractivity contribution in [3.8, 4) is 0 Å². The maximum atomic E-state index is 12.8. The molecule has 2 aromatic rings. The molecule has 0 unspecified atom stereocenters. The van der Waals surface area contributed by atoms with Crippen molar-refractivity contribution in [3.63, 3.8) is 0 Å². The van der Waals surface area contributed by atoms with Crippen LogP contribution in [0.5, 0.6) is 0 Å². The smallest absolute Gasteiger partial charge is 0.251 e. The number of rotatable bonds is 6. The van der Waals surface area contributed by atoms with Crippen LogP contribution in [-0.2, 0) is 4.74 Å². The van der Waals surface area contributed by atoms with Gasteiger partial charge in [-0.15, -0.1) is 0 Å². The van der Waals surface area contributed by atoms with Crippen LogP contribution in [0.3, 0.4) is 0 Å². The second-order valence-corrected chi connectivity index (χ2v) is 7.74. The number of carbonyl (C=O) groups excluding carboxylic acids is 1. The fraction of sp³-hybridized carbons (Fsp3) is 0.435. The molecule has 1 aliphatic rings. The monoisotopic (exact) mass is 381 g/mol. The highest BCUT2D eigenvalue weighted by Gasteiger charge is 2.23. The first kappa shape index (κ1) is 20.4. The number of carbonyl (C=O) groups is 1. The van der Waals surface area contributed by atoms with E-state index in [9.17, 15) is 4.79 Å². The van der Waals surface area contributed by atoms with E-state index in [1.165, 1.54) is 11.3 Å². The average molecular weight is 382 g/mol. The van der Waals surface area contributed by atoms with E-state index in [0.29, 0.717) is 6.54 Å². The first-order valence-electron chi connectivity index (χ1n) is 9.89. The van der Waals surface area contributed by atoms with Gasteiger partial charge in [-0.1, -0.05) is 29.3 Å². The Balaban J connectivity index is 1.76. The summed E-state index contributed by atoms with van der Waals surface area (Å²) in [4.78, 5) is 17.2. The predicted octanol–water partition coefficient (Wildman–Crippen LogP) is 3.17. The SMILES string of the molecule is Cc1cc(C)cc(C(=O)NC[C@H](c2ccc(N(C)C)cc2)N2CCOCC2)c1. The van der Waals surface area contributed by atoms with Crippen LogP contribution >= 0.6 is 0 Å². The molecule has 0 aliphatic carbocycles. The summed E-state index contributed by atoms with van der Waals surface area (Å²) < 4.78 is 5.52. The minimum Gasteiger partial charge on any atom is -0.379 e. The number of amides is 1. The Morgan fingerprint density at radius 1 is 1.07 bits per heavy atom. The van der Waals surface area contributed by atoms with Gasteiger partial charge in [-0.25, -0.2) is 0 Å². The van der Waals surface area contributed by atoms with E-state index in [0.717, 1.165) is 43.0 Å². The molecular weight excluding hydrogens is 350 g/mol. The van der Waals surface area contributed by atoms with Crippen LogP contribution in [0.25, 0.3) is 0 Å². The summed E-state index contributed by atoms with van der Waals surface area (Å²) in [6.07, 6.45) is 0. The number of ether oxygens (including phenoxy) is 1. The number of hydrogen-bond acceptors (Lipinski definition) is 4. The molecule has 5 nitrogen and oxygen atoms in total. The molecule has 0 saturated carbocycles. The molecule has 0 aromatic heterocycles. The molecule has 1 N–H and O–H groups in total. The Kier molecular flexibility index (Phi) is 6.70. The van der Waals surface area contributed by atoms with E-state index in [2.05, 4.69) is 45.4 Å². The fourth-order valence-corrected chi connectivity index (χ4v) is 3.74. The normalized spacial score (nSPS) is 15.9. The molecule has 28 heavy (non-hydrogen) atoms. The minimum absolute atomic E-state index is 0.0185. The molecule has 150 valence electrons. The second kappa shape index (κ2) is 9.22. The van der Waals surface area contributed by atoms with E-state index in [1.54, 1.807) is 0 Å². The Morgan fingerprint density at radius 3 is 2.25 bits per heavy atom. The van der Waals surface area contributed by atoms with Crippen LogP contribution in [-0.4, -0.2) is 57.8 Å². The van der Waals surface area contributed by atoms with E-state index in [-0.39, 0.29) is 11.9 Å². The minimum atomic E-state index is -0.0185. The van der Waals surface area contributed by atoms with Crippen molar-refractivity contribution >= 4 is 11.6 Å². The van der Waals surface area contributed by atoms with Crippen molar-refractivity contribution in [2.24, 2.45) is 0 Å². The van der Waals surface area contributed by atoms with Gasteiger partial charge in [0, 0.05) is 45.0 Å². The summed E-state index contributed by atoms with van der Waals surface area (Å²) in [6, 6.07) is 14.7. The molecule has 3 rings (SSSR count). The third kappa shape index (κ3) is 5.12. The van der Waals surface area contributed by atoms with Crippen molar-refractivity contribution in [1.82, 2.24) is 10.2 Å². The molecule has 1 atom stereocenters. The topological polar surface area (TPSA) is 44.8 Å². The molecule has 1 aliphatic heterocycles. The zero-order valence-corrected chi connectivity index (χ0v) is 17.4. The lowest BCUT2D eigenvalue weighted by atomic mass is 10.0. The summed E-state index contributed by atoms with van der Waals surface area (Å²) in [6.45, 7) is 7.83. The largest absolute Gasteiger partial charge is 0.379 e. The molecule has 0 radical (unpaired) electrons. The van der Waals surface area contributed by atoms with Crippen molar-refractivity contribution in [2.75, 3.05) is 51.8 Å². The number of hydrogen-bond donors (Lipinski definition) is 1. The number of nitrogens with one attached hydrogen (secondary N) is 1. The summed E-state index contributed by atoms with van der Waals surface area (Å²) in [7, 11) is 4.08. The number of nitrogens with zero attached hydrogens (tertiary/aromatic N) is 2. The Bertz CT molecular complexity index is 776. The Hall–Kier alpha value is -2.37. The molecule has 1 fully saturated rings. The zero-order chi connectivity index (χ0) is 20.1. The fourth-order valence-electron chi connectivity index (χ4n) is 3.74. The first-order chi connectivity index (χ1) is 13.4. The lowest BCUT2D eigenvalue weighted by Crippen LogP contribution is -2.43. The zero-order valence-electron chi connectivity index (χ0n) is 17.4. The summed E-state index contributed by atoms with van der Waals surface area (Å²) in [5.74, 6) is -0.0185. The van der Waals surface area contributed by atoms with E-state index in [4.69, 9.17) is 4.74 Å². The number of anilines is 1. The van der Waals surface area contributed by atoms with Crippen LogP contribution in [0.15, 0.2) is 42.5 Å². The Labute approximate surface area is 168 Å². The molecule has 0 spiro atoms. The summed E-state index contributed by atoms with van der Waals surface area (Å²) >= 11 is 0. The van der Waals surface area contributed by atoms with Gasteiger partial charge < -0.3 is 15.0 Å². The summed E-state index contributed by atoms with van der Waals surface area (Å²) in [5.41, 5.74) is 5.32. The van der Waals surface area contributed by atoms with Crippen LogP contribution in [0.1, 0.15) is 33.1 Å². The lowest BCUT2D eigenvalue weighted by molar-refractivity contribution is 0.0162. The highest BCUT2D eigenvalue weighted by atomic mass is 16.5. The van der Waals surface area contributed by atoms with Gasteiger partial charge in [0.15, 0.2) is 0 Å². The maximum Gasteiger partial charge on any atom is 0.251 e. The van der Waals surface area contributed by atoms with E-state index >= 15 is 0 Å². The van der Waals surface area contributed by atoms with Crippen LogP contribution in [0, 0.1) is 13.8 Å². The van der Waals surface area contributed by atoms with E-state index in [1.807, 2.05) is 40.1 Å². The number of morpholine rings is 1. The molecule has 1 saturated heterocycles. The summed E-state index contributed by atoms with van der Waals surface area (Å²) in [5, 5.41) is 3.15. The van der Waals surface area contributed by atoms with Gasteiger partial charge in [-0.05, 0) is 43.7 Å². The average Bonchev–Trinajstić information content (AvgIpc) is 2.68. The molecule has 5 heteroatoms. The quantitative estimate of drug-likeness (QED) is 0.835. The maximum absolute atomic E-state index is 12.8. The van der Waals surface area contributed by atoms with Crippen LogP contribution < -0.4 is 10.2 Å². The predicted molar refractivity (Wildman–Crippen MR) is 114 cm³/mol. The van der Waals surface area contributed by atoms with E-state index < -0.39 is 0 Å². The standard InChI is InChI=1S/C23H31N3O2/c1-17-13-18(2)15-20(14-17)23(27)24-16-22(26-9-11-28-12-10-26)19-5-7-21(8-6-19)25(3)4/h5-8,13-15,22H,9-12,16H2,1-4H3,(H,24,27)/t22-/m1/s1. The molecule has 1 heterocycles. The number of aryl methyl sites for hydroxylation is 2. The molecule has 1 amide bonds.